The molecular formula is C13H24N2S. The summed E-state index contributed by atoms with van der Waals surface area (Å²) in [5.74, 6) is 0. The van der Waals surface area contributed by atoms with E-state index in [0.29, 0.717) is 0 Å². The number of nitrogens with zero attached hydrogens (tertiary/aromatic N) is 1. The monoisotopic (exact) mass is 240 g/mol. The van der Waals surface area contributed by atoms with Gasteiger partial charge in [0.05, 0.1) is 0 Å². The molecule has 0 fully saturated rings. The number of thiophene rings is 1. The maximum Gasteiger partial charge on any atom is 0.0104 e. The lowest BCUT2D eigenvalue weighted by Gasteiger charge is -2.16. The standard InChI is InChI=1S/C13H24N2S/c1-3-4-10-15(2)11-9-14-8-7-13-6-5-12-16-13/h5-6,12,14H,3-4,7-11H2,1-2H3. The predicted octanol–water partition coefficient (Wildman–Crippen LogP) is 2.61. The van der Waals surface area contributed by atoms with Crippen molar-refractivity contribution in [1.29, 1.82) is 0 Å². The molecule has 0 radical (unpaired) electrons. The molecular weight excluding hydrogens is 216 g/mol. The fourth-order valence-electron chi connectivity index (χ4n) is 1.60. The first-order valence-electron chi connectivity index (χ1n) is 6.24. The number of nitrogens with one attached hydrogen (secondary N) is 1. The number of rotatable bonds is 9. The van der Waals surface area contributed by atoms with E-state index in [1.807, 2.05) is 11.3 Å². The summed E-state index contributed by atoms with van der Waals surface area (Å²) < 4.78 is 0. The zero-order valence-corrected chi connectivity index (χ0v) is 11.4. The number of unbranched alkanes of at least 4 members (excludes halogenated alkanes) is 1. The second kappa shape index (κ2) is 8.74. The van der Waals surface area contributed by atoms with Crippen molar-refractivity contribution in [2.24, 2.45) is 0 Å². The largest absolute Gasteiger partial charge is 0.315 e. The van der Waals surface area contributed by atoms with Crippen LogP contribution in [0.25, 0.3) is 0 Å². The second-order valence-corrected chi connectivity index (χ2v) is 5.27. The fourth-order valence-corrected chi connectivity index (χ4v) is 2.31. The van der Waals surface area contributed by atoms with Gasteiger partial charge in [0.2, 0.25) is 0 Å². The summed E-state index contributed by atoms with van der Waals surface area (Å²) in [6.45, 7) is 6.83. The smallest absolute Gasteiger partial charge is 0.0104 e. The summed E-state index contributed by atoms with van der Waals surface area (Å²) in [4.78, 5) is 3.88. The highest BCUT2D eigenvalue weighted by atomic mass is 32.1. The van der Waals surface area contributed by atoms with Gasteiger partial charge in [-0.15, -0.1) is 11.3 Å². The van der Waals surface area contributed by atoms with Crippen LogP contribution in [0.5, 0.6) is 0 Å². The first kappa shape index (κ1) is 13.7. The lowest BCUT2D eigenvalue weighted by molar-refractivity contribution is 0.326. The second-order valence-electron chi connectivity index (χ2n) is 4.24. The van der Waals surface area contributed by atoms with E-state index in [0.717, 1.165) is 26.1 Å². The molecule has 0 aliphatic rings. The van der Waals surface area contributed by atoms with Gasteiger partial charge < -0.3 is 10.2 Å². The number of likely N-dealkylation sites (N-methyl/N-ethyl adjacent to an activating group) is 1. The highest BCUT2D eigenvalue weighted by molar-refractivity contribution is 7.09. The van der Waals surface area contributed by atoms with Crippen molar-refractivity contribution >= 4 is 11.3 Å². The lowest BCUT2D eigenvalue weighted by atomic mass is 10.3. The van der Waals surface area contributed by atoms with Gasteiger partial charge in [0, 0.05) is 24.5 Å². The van der Waals surface area contributed by atoms with E-state index in [9.17, 15) is 0 Å². The molecule has 2 nitrogen and oxygen atoms in total. The van der Waals surface area contributed by atoms with Crippen LogP contribution in [0.2, 0.25) is 0 Å². The molecule has 1 heterocycles. The minimum Gasteiger partial charge on any atom is -0.315 e. The van der Waals surface area contributed by atoms with Gasteiger partial charge in [0.15, 0.2) is 0 Å². The molecule has 0 aliphatic heterocycles. The molecule has 0 saturated carbocycles. The molecule has 0 aromatic carbocycles. The molecule has 1 N–H and O–H groups in total. The van der Waals surface area contributed by atoms with Gasteiger partial charge in [-0.3, -0.25) is 0 Å². The van der Waals surface area contributed by atoms with Crippen molar-refractivity contribution in [3.63, 3.8) is 0 Å². The zero-order chi connectivity index (χ0) is 11.6. The Kier molecular flexibility index (Phi) is 7.47. The minimum atomic E-state index is 1.10. The summed E-state index contributed by atoms with van der Waals surface area (Å²) in [5, 5.41) is 5.64. The Balaban J connectivity index is 1.91. The Morgan fingerprint density at radius 3 is 2.88 bits per heavy atom. The van der Waals surface area contributed by atoms with Gasteiger partial charge in [-0.25, -0.2) is 0 Å². The summed E-state index contributed by atoms with van der Waals surface area (Å²) in [6, 6.07) is 4.33. The minimum absolute atomic E-state index is 1.10. The predicted molar refractivity (Wildman–Crippen MR) is 73.3 cm³/mol. The van der Waals surface area contributed by atoms with Gasteiger partial charge >= 0.3 is 0 Å². The first-order chi connectivity index (χ1) is 7.83. The molecule has 1 aromatic rings. The summed E-state index contributed by atoms with van der Waals surface area (Å²) in [5.41, 5.74) is 0. The molecule has 0 aliphatic carbocycles. The Morgan fingerprint density at radius 2 is 2.19 bits per heavy atom. The van der Waals surface area contributed by atoms with E-state index < -0.39 is 0 Å². The first-order valence-corrected chi connectivity index (χ1v) is 7.12. The van der Waals surface area contributed by atoms with Crippen molar-refractivity contribution < 1.29 is 0 Å². The third kappa shape index (κ3) is 6.26. The summed E-state index contributed by atoms with van der Waals surface area (Å²) in [7, 11) is 2.20. The van der Waals surface area contributed by atoms with Crippen molar-refractivity contribution in [3.8, 4) is 0 Å². The molecule has 0 amide bonds. The maximum absolute atomic E-state index is 3.50. The van der Waals surface area contributed by atoms with Crippen LogP contribution in [-0.2, 0) is 6.42 Å². The van der Waals surface area contributed by atoms with Crippen LogP contribution in [0.4, 0.5) is 0 Å². The van der Waals surface area contributed by atoms with Crippen LogP contribution in [-0.4, -0.2) is 38.1 Å². The Morgan fingerprint density at radius 1 is 1.31 bits per heavy atom. The third-order valence-electron chi connectivity index (χ3n) is 2.69. The van der Waals surface area contributed by atoms with Gasteiger partial charge in [0.25, 0.3) is 0 Å². The molecule has 0 bridgehead atoms. The zero-order valence-electron chi connectivity index (χ0n) is 10.5. The van der Waals surface area contributed by atoms with E-state index in [2.05, 4.69) is 41.7 Å². The van der Waals surface area contributed by atoms with E-state index in [1.54, 1.807) is 0 Å². The van der Waals surface area contributed by atoms with E-state index in [-0.39, 0.29) is 0 Å². The summed E-state index contributed by atoms with van der Waals surface area (Å²) >= 11 is 1.85. The van der Waals surface area contributed by atoms with Crippen LogP contribution >= 0.6 is 11.3 Å². The maximum atomic E-state index is 3.50. The molecule has 0 saturated heterocycles. The van der Waals surface area contributed by atoms with E-state index >= 15 is 0 Å². The van der Waals surface area contributed by atoms with Crippen LogP contribution in [0.3, 0.4) is 0 Å². The molecule has 0 unspecified atom stereocenters. The van der Waals surface area contributed by atoms with Crippen molar-refractivity contribution in [2.75, 3.05) is 33.2 Å². The van der Waals surface area contributed by atoms with E-state index in [1.165, 1.54) is 24.3 Å². The number of hydrogen-bond donors (Lipinski definition) is 1. The highest BCUT2D eigenvalue weighted by Crippen LogP contribution is 2.07. The van der Waals surface area contributed by atoms with Crippen LogP contribution in [0.1, 0.15) is 24.6 Å². The van der Waals surface area contributed by atoms with Gasteiger partial charge in [-0.1, -0.05) is 19.4 Å². The lowest BCUT2D eigenvalue weighted by Crippen LogP contribution is -2.30. The van der Waals surface area contributed by atoms with E-state index in [4.69, 9.17) is 0 Å². The molecule has 3 heteroatoms. The summed E-state index contributed by atoms with van der Waals surface area (Å²) in [6.07, 6.45) is 3.76. The quantitative estimate of drug-likeness (QED) is 0.668. The normalized spacial score (nSPS) is 11.2. The van der Waals surface area contributed by atoms with Gasteiger partial charge in [-0.2, -0.15) is 0 Å². The Hall–Kier alpha value is -0.380. The SMILES string of the molecule is CCCCN(C)CCNCCc1cccs1. The average molecular weight is 240 g/mol. The van der Waals surface area contributed by atoms with Crippen molar-refractivity contribution in [3.05, 3.63) is 22.4 Å². The molecule has 1 aromatic heterocycles. The topological polar surface area (TPSA) is 15.3 Å². The van der Waals surface area contributed by atoms with Crippen molar-refractivity contribution in [1.82, 2.24) is 10.2 Å². The van der Waals surface area contributed by atoms with Crippen LogP contribution < -0.4 is 5.32 Å². The van der Waals surface area contributed by atoms with Gasteiger partial charge in [-0.05, 0) is 37.9 Å². The average Bonchev–Trinajstić information content (AvgIpc) is 2.79. The van der Waals surface area contributed by atoms with Crippen LogP contribution in [0, 0.1) is 0 Å². The third-order valence-corrected chi connectivity index (χ3v) is 3.63. The Bertz CT molecular complexity index is 246. The van der Waals surface area contributed by atoms with Crippen LogP contribution in [0.15, 0.2) is 17.5 Å². The molecule has 92 valence electrons. The molecule has 16 heavy (non-hydrogen) atoms. The van der Waals surface area contributed by atoms with Crippen molar-refractivity contribution in [2.45, 2.75) is 26.2 Å². The number of hydrogen-bond acceptors (Lipinski definition) is 3. The van der Waals surface area contributed by atoms with Gasteiger partial charge in [0.1, 0.15) is 0 Å². The molecule has 0 spiro atoms. The highest BCUT2D eigenvalue weighted by Gasteiger charge is 1.97. The Labute approximate surface area is 104 Å². The molecule has 1 rings (SSSR count). The molecule has 0 atom stereocenters. The fraction of sp³-hybridized carbons (Fsp3) is 0.692.